The van der Waals surface area contributed by atoms with Crippen molar-refractivity contribution in [3.63, 3.8) is 0 Å². The highest BCUT2D eigenvalue weighted by molar-refractivity contribution is 7.92. The van der Waals surface area contributed by atoms with Gasteiger partial charge in [-0.05, 0) is 57.1 Å². The molecule has 0 aromatic heterocycles. The smallest absolute Gasteiger partial charge is 0.270 e. The molecule has 1 atom stereocenters. The molecule has 1 unspecified atom stereocenters. The van der Waals surface area contributed by atoms with Crippen molar-refractivity contribution < 1.29 is 18.1 Å². The largest absolute Gasteiger partial charge is 0.350 e. The summed E-state index contributed by atoms with van der Waals surface area (Å²) in [5.41, 5.74) is 0.348. The van der Waals surface area contributed by atoms with Gasteiger partial charge in [0.15, 0.2) is 0 Å². The molecule has 30 heavy (non-hydrogen) atoms. The molecule has 2 N–H and O–H groups in total. The van der Waals surface area contributed by atoms with Crippen LogP contribution in [0.15, 0.2) is 53.4 Å². The predicted molar refractivity (Wildman–Crippen MR) is 113 cm³/mol. The summed E-state index contributed by atoms with van der Waals surface area (Å²) in [6.07, 6.45) is 2.39. The molecule has 2 aromatic carbocycles. The van der Waals surface area contributed by atoms with Crippen molar-refractivity contribution in [1.29, 1.82) is 0 Å². The number of nitrogens with zero attached hydrogens (tertiary/aromatic N) is 2. The Labute approximate surface area is 175 Å². The van der Waals surface area contributed by atoms with Gasteiger partial charge in [0.25, 0.3) is 21.6 Å². The first-order valence-corrected chi connectivity index (χ1v) is 11.0. The molecule has 0 saturated heterocycles. The van der Waals surface area contributed by atoms with Crippen LogP contribution >= 0.6 is 0 Å². The van der Waals surface area contributed by atoms with Crippen molar-refractivity contribution in [2.24, 2.45) is 0 Å². The normalized spacial score (nSPS) is 14.9. The predicted octanol–water partition coefficient (Wildman–Crippen LogP) is 2.61. The molecule has 160 valence electrons. The fourth-order valence-corrected chi connectivity index (χ4v) is 4.09. The van der Waals surface area contributed by atoms with Gasteiger partial charge in [0.05, 0.1) is 9.82 Å². The van der Waals surface area contributed by atoms with Crippen LogP contribution in [0.2, 0.25) is 0 Å². The van der Waals surface area contributed by atoms with Crippen molar-refractivity contribution in [3.8, 4) is 0 Å². The zero-order valence-electron chi connectivity index (χ0n) is 16.7. The van der Waals surface area contributed by atoms with Gasteiger partial charge < -0.3 is 5.32 Å². The molecule has 3 rings (SSSR count). The van der Waals surface area contributed by atoms with E-state index in [2.05, 4.69) is 28.9 Å². The van der Waals surface area contributed by atoms with Crippen LogP contribution in [0.1, 0.15) is 30.1 Å². The highest BCUT2D eigenvalue weighted by Gasteiger charge is 2.29. The Bertz CT molecular complexity index is 1040. The van der Waals surface area contributed by atoms with Gasteiger partial charge in [-0.2, -0.15) is 0 Å². The number of benzene rings is 2. The summed E-state index contributed by atoms with van der Waals surface area (Å²) in [7, 11) is -1.94. The highest BCUT2D eigenvalue weighted by atomic mass is 32.2. The van der Waals surface area contributed by atoms with Crippen molar-refractivity contribution in [2.75, 3.05) is 18.3 Å². The van der Waals surface area contributed by atoms with E-state index in [0.717, 1.165) is 6.07 Å². The summed E-state index contributed by atoms with van der Waals surface area (Å²) in [5, 5.41) is 13.7. The molecule has 2 aromatic rings. The van der Waals surface area contributed by atoms with E-state index in [1.807, 2.05) is 0 Å². The Morgan fingerprint density at radius 2 is 1.90 bits per heavy atom. The van der Waals surface area contributed by atoms with E-state index < -0.39 is 14.9 Å². The lowest BCUT2D eigenvalue weighted by atomic mass is 10.2. The van der Waals surface area contributed by atoms with Gasteiger partial charge in [0.2, 0.25) is 0 Å². The molecule has 1 saturated carbocycles. The highest BCUT2D eigenvalue weighted by Crippen LogP contribution is 2.26. The van der Waals surface area contributed by atoms with E-state index in [1.165, 1.54) is 55.3 Å². The molecule has 1 fully saturated rings. The molecular weight excluding hydrogens is 408 g/mol. The van der Waals surface area contributed by atoms with Crippen molar-refractivity contribution in [1.82, 2.24) is 10.2 Å². The second-order valence-electron chi connectivity index (χ2n) is 7.39. The Balaban J connectivity index is 1.61. The summed E-state index contributed by atoms with van der Waals surface area (Å²) in [5.74, 6) is -0.237. The minimum atomic E-state index is -4.00. The number of carbonyl (C=O) groups is 1. The number of likely N-dealkylation sites (N-methyl/N-ethyl adjacent to an activating group) is 1. The van der Waals surface area contributed by atoms with Gasteiger partial charge in [-0.15, -0.1) is 0 Å². The molecule has 1 aliphatic rings. The van der Waals surface area contributed by atoms with Gasteiger partial charge in [0, 0.05) is 42.0 Å². The van der Waals surface area contributed by atoms with Crippen molar-refractivity contribution in [3.05, 3.63) is 64.2 Å². The molecule has 0 aliphatic heterocycles. The first kappa shape index (κ1) is 21.7. The molecule has 0 spiro atoms. The molecule has 9 nitrogen and oxygen atoms in total. The topological polar surface area (TPSA) is 122 Å². The van der Waals surface area contributed by atoms with Crippen LogP contribution in [0.3, 0.4) is 0 Å². The average Bonchev–Trinajstić information content (AvgIpc) is 3.57. The van der Waals surface area contributed by atoms with Gasteiger partial charge in [0.1, 0.15) is 0 Å². The maximum Gasteiger partial charge on any atom is 0.270 e. The number of amides is 1. The van der Waals surface area contributed by atoms with Crippen LogP contribution in [-0.4, -0.2) is 49.8 Å². The molecule has 10 heteroatoms. The van der Waals surface area contributed by atoms with E-state index in [1.54, 1.807) is 0 Å². The standard InChI is InChI=1S/C20H24N4O5S/c1-14(23(2)17-10-11-17)13-21-20(25)15-6-8-16(9-7-15)22-30(28,29)19-5-3-4-18(12-19)24(26)27/h3-9,12,14,17,22H,10-11,13H2,1-2H3,(H,21,25). The van der Waals surface area contributed by atoms with Gasteiger partial charge in [-0.25, -0.2) is 8.42 Å². The Morgan fingerprint density at radius 1 is 1.23 bits per heavy atom. The quantitative estimate of drug-likeness (QED) is 0.464. The number of non-ortho nitro benzene ring substituents is 1. The van der Waals surface area contributed by atoms with Crippen LogP contribution < -0.4 is 10.0 Å². The number of anilines is 1. The number of sulfonamides is 1. The number of carbonyl (C=O) groups excluding carboxylic acids is 1. The van der Waals surface area contributed by atoms with Crippen LogP contribution in [-0.2, 0) is 10.0 Å². The number of nitrogens with one attached hydrogen (secondary N) is 2. The number of rotatable bonds is 9. The lowest BCUT2D eigenvalue weighted by Gasteiger charge is -2.24. The zero-order chi connectivity index (χ0) is 21.9. The molecular formula is C20H24N4O5S. The fraction of sp³-hybridized carbons (Fsp3) is 0.350. The van der Waals surface area contributed by atoms with Crippen molar-refractivity contribution >= 4 is 27.3 Å². The number of nitro benzene ring substituents is 1. The first-order chi connectivity index (χ1) is 14.2. The molecule has 0 heterocycles. The van der Waals surface area contributed by atoms with Crippen LogP contribution in [0.5, 0.6) is 0 Å². The monoisotopic (exact) mass is 432 g/mol. The molecule has 1 amide bonds. The van der Waals surface area contributed by atoms with Gasteiger partial charge >= 0.3 is 0 Å². The Morgan fingerprint density at radius 3 is 2.50 bits per heavy atom. The fourth-order valence-electron chi connectivity index (χ4n) is 3.00. The summed E-state index contributed by atoms with van der Waals surface area (Å²) in [6, 6.07) is 11.6. The number of hydrogen-bond acceptors (Lipinski definition) is 6. The summed E-state index contributed by atoms with van der Waals surface area (Å²) in [4.78, 5) is 24.6. The summed E-state index contributed by atoms with van der Waals surface area (Å²) in [6.45, 7) is 2.58. The van der Waals surface area contributed by atoms with Gasteiger partial charge in [-0.3, -0.25) is 24.5 Å². The van der Waals surface area contributed by atoms with Gasteiger partial charge in [-0.1, -0.05) is 6.07 Å². The van der Waals surface area contributed by atoms with E-state index in [4.69, 9.17) is 0 Å². The number of nitro groups is 1. The second kappa shape index (κ2) is 8.80. The minimum Gasteiger partial charge on any atom is -0.350 e. The SMILES string of the molecule is CC(CNC(=O)c1ccc(NS(=O)(=O)c2cccc([N+](=O)[O-])c2)cc1)N(C)C1CC1. The maximum atomic E-state index is 12.5. The third-order valence-electron chi connectivity index (χ3n) is 5.11. The van der Waals surface area contributed by atoms with Crippen molar-refractivity contribution in [2.45, 2.75) is 36.7 Å². The lowest BCUT2D eigenvalue weighted by molar-refractivity contribution is -0.385. The Hall–Kier alpha value is -2.98. The zero-order valence-corrected chi connectivity index (χ0v) is 17.6. The van der Waals surface area contributed by atoms with Crippen LogP contribution in [0.25, 0.3) is 0 Å². The molecule has 1 aliphatic carbocycles. The maximum absolute atomic E-state index is 12.5. The molecule has 0 radical (unpaired) electrons. The second-order valence-corrected chi connectivity index (χ2v) is 9.08. The van der Waals surface area contributed by atoms with E-state index in [0.29, 0.717) is 18.2 Å². The Kier molecular flexibility index (Phi) is 6.37. The van der Waals surface area contributed by atoms with Crippen LogP contribution in [0, 0.1) is 10.1 Å². The molecule has 0 bridgehead atoms. The minimum absolute atomic E-state index is 0.215. The summed E-state index contributed by atoms with van der Waals surface area (Å²) < 4.78 is 27.3. The first-order valence-electron chi connectivity index (χ1n) is 9.55. The van der Waals surface area contributed by atoms with E-state index in [9.17, 15) is 23.3 Å². The third-order valence-corrected chi connectivity index (χ3v) is 6.49. The third kappa shape index (κ3) is 5.33. The number of hydrogen-bond donors (Lipinski definition) is 2. The lowest BCUT2D eigenvalue weighted by Crippen LogP contribution is -2.41. The van der Waals surface area contributed by atoms with E-state index >= 15 is 0 Å². The van der Waals surface area contributed by atoms with E-state index in [-0.39, 0.29) is 28.2 Å². The van der Waals surface area contributed by atoms with Crippen LogP contribution in [0.4, 0.5) is 11.4 Å². The summed E-state index contributed by atoms with van der Waals surface area (Å²) >= 11 is 0. The average molecular weight is 433 g/mol.